The monoisotopic (exact) mass is 444 g/mol. The number of halogens is 1. The standard InChI is InChI=1S/C20H17BrN2O5/c1-19-8-9-20(2,28-19)16-15(19)17(24)22(18(16)25)12-6-7-13(23(26)27)14-10(12)4-3-5-11(14)21/h3-7,24-25H,8-9H2,1-2H3/t19-,20+. The van der Waals surface area contributed by atoms with E-state index in [-0.39, 0.29) is 17.4 Å². The zero-order chi connectivity index (χ0) is 20.0. The Morgan fingerprint density at radius 1 is 1.11 bits per heavy atom. The fourth-order valence-corrected chi connectivity index (χ4v) is 5.45. The van der Waals surface area contributed by atoms with Gasteiger partial charge in [-0.2, -0.15) is 0 Å². The van der Waals surface area contributed by atoms with Gasteiger partial charge in [0.15, 0.2) is 0 Å². The second kappa shape index (κ2) is 5.27. The summed E-state index contributed by atoms with van der Waals surface area (Å²) < 4.78 is 8.07. The molecule has 28 heavy (non-hydrogen) atoms. The second-order valence-corrected chi connectivity index (χ2v) is 8.67. The zero-order valence-corrected chi connectivity index (χ0v) is 16.8. The number of aromatic hydroxyl groups is 2. The number of aromatic nitrogens is 1. The molecule has 5 rings (SSSR count). The lowest BCUT2D eigenvalue weighted by Crippen LogP contribution is -2.17. The average Bonchev–Trinajstić information content (AvgIpc) is 3.18. The first-order valence-corrected chi connectivity index (χ1v) is 9.71. The van der Waals surface area contributed by atoms with E-state index in [4.69, 9.17) is 4.74 Å². The number of non-ortho nitro benzene ring substituents is 1. The van der Waals surface area contributed by atoms with Crippen LogP contribution in [0.1, 0.15) is 37.8 Å². The molecule has 2 atom stereocenters. The molecule has 1 aromatic heterocycles. The van der Waals surface area contributed by atoms with Crippen LogP contribution in [0.4, 0.5) is 5.69 Å². The molecule has 2 aliphatic rings. The molecule has 2 aliphatic heterocycles. The number of nitro benzene ring substituents is 1. The Balaban J connectivity index is 1.87. The van der Waals surface area contributed by atoms with Crippen LogP contribution in [-0.4, -0.2) is 19.7 Å². The van der Waals surface area contributed by atoms with Gasteiger partial charge in [-0.3, -0.25) is 14.7 Å². The van der Waals surface area contributed by atoms with Crippen molar-refractivity contribution in [1.29, 1.82) is 0 Å². The topological polar surface area (TPSA) is 97.8 Å². The number of benzene rings is 2. The Bertz CT molecular complexity index is 1160. The van der Waals surface area contributed by atoms with Crippen molar-refractivity contribution in [3.05, 3.63) is 56.0 Å². The summed E-state index contributed by atoms with van der Waals surface area (Å²) in [6.07, 6.45) is 1.50. The van der Waals surface area contributed by atoms with Crippen LogP contribution in [0.15, 0.2) is 34.8 Å². The lowest BCUT2D eigenvalue weighted by atomic mass is 9.80. The Kier molecular flexibility index (Phi) is 3.30. The van der Waals surface area contributed by atoms with Gasteiger partial charge in [-0.1, -0.05) is 12.1 Å². The summed E-state index contributed by atoms with van der Waals surface area (Å²) in [6.45, 7) is 3.83. The van der Waals surface area contributed by atoms with E-state index in [1.807, 2.05) is 13.8 Å². The Morgan fingerprint density at radius 3 is 2.29 bits per heavy atom. The van der Waals surface area contributed by atoms with Crippen LogP contribution in [0.2, 0.25) is 0 Å². The number of ether oxygens (including phenoxy) is 1. The third-order valence-electron chi connectivity index (χ3n) is 6.09. The maximum atomic E-state index is 11.5. The van der Waals surface area contributed by atoms with Crippen LogP contribution >= 0.6 is 15.9 Å². The number of hydrogen-bond acceptors (Lipinski definition) is 5. The first kappa shape index (κ1) is 17.5. The van der Waals surface area contributed by atoms with Crippen molar-refractivity contribution in [3.63, 3.8) is 0 Å². The molecule has 0 unspecified atom stereocenters. The first-order chi connectivity index (χ1) is 13.2. The number of nitro groups is 1. The maximum Gasteiger partial charge on any atom is 0.278 e. The van der Waals surface area contributed by atoms with Gasteiger partial charge in [0.05, 0.1) is 38.3 Å². The summed E-state index contributed by atoms with van der Waals surface area (Å²) in [5.74, 6) is -0.179. The van der Waals surface area contributed by atoms with Crippen molar-refractivity contribution in [3.8, 4) is 17.4 Å². The van der Waals surface area contributed by atoms with Crippen LogP contribution in [-0.2, 0) is 15.9 Å². The molecule has 0 saturated carbocycles. The predicted molar refractivity (Wildman–Crippen MR) is 106 cm³/mol. The lowest BCUT2D eigenvalue weighted by Gasteiger charge is -2.21. The first-order valence-electron chi connectivity index (χ1n) is 8.92. The van der Waals surface area contributed by atoms with Gasteiger partial charge in [-0.15, -0.1) is 0 Å². The van der Waals surface area contributed by atoms with Crippen molar-refractivity contribution >= 4 is 32.4 Å². The summed E-state index contributed by atoms with van der Waals surface area (Å²) in [5.41, 5.74) is 0.299. The van der Waals surface area contributed by atoms with Crippen molar-refractivity contribution in [2.75, 3.05) is 0 Å². The van der Waals surface area contributed by atoms with Crippen LogP contribution in [0.25, 0.3) is 16.5 Å². The summed E-state index contributed by atoms with van der Waals surface area (Å²) in [7, 11) is 0. The highest BCUT2D eigenvalue weighted by Crippen LogP contribution is 2.64. The van der Waals surface area contributed by atoms with E-state index in [2.05, 4.69) is 15.9 Å². The molecule has 0 aliphatic carbocycles. The summed E-state index contributed by atoms with van der Waals surface area (Å²) in [5, 5.41) is 34.6. The summed E-state index contributed by atoms with van der Waals surface area (Å²) in [6, 6.07) is 8.17. The van der Waals surface area contributed by atoms with Crippen molar-refractivity contribution in [1.82, 2.24) is 4.57 Å². The predicted octanol–water partition coefficient (Wildman–Crippen LogP) is 4.97. The van der Waals surface area contributed by atoms with Crippen LogP contribution < -0.4 is 0 Å². The quantitative estimate of drug-likeness (QED) is 0.429. The smallest absolute Gasteiger partial charge is 0.278 e. The van der Waals surface area contributed by atoms with Gasteiger partial charge in [0.2, 0.25) is 11.8 Å². The van der Waals surface area contributed by atoms with E-state index < -0.39 is 16.1 Å². The molecule has 0 spiro atoms. The van der Waals surface area contributed by atoms with Crippen LogP contribution in [0.3, 0.4) is 0 Å². The Hall–Kier alpha value is -2.58. The van der Waals surface area contributed by atoms with E-state index >= 15 is 0 Å². The normalized spacial score (nSPS) is 25.4. The fraction of sp³-hybridized carbons (Fsp3) is 0.300. The third kappa shape index (κ3) is 1.96. The molecule has 2 bridgehead atoms. The third-order valence-corrected chi connectivity index (χ3v) is 6.75. The molecular weight excluding hydrogens is 428 g/mol. The molecule has 3 aromatic rings. The highest BCUT2D eigenvalue weighted by molar-refractivity contribution is 9.10. The average molecular weight is 445 g/mol. The molecule has 1 saturated heterocycles. The zero-order valence-electron chi connectivity index (χ0n) is 15.2. The van der Waals surface area contributed by atoms with E-state index in [0.29, 0.717) is 32.1 Å². The lowest BCUT2D eigenvalue weighted by molar-refractivity contribution is -0.383. The molecule has 2 N–H and O–H groups in total. The van der Waals surface area contributed by atoms with Crippen molar-refractivity contribution in [2.45, 2.75) is 37.9 Å². The van der Waals surface area contributed by atoms with Gasteiger partial charge < -0.3 is 14.9 Å². The van der Waals surface area contributed by atoms with Crippen LogP contribution in [0.5, 0.6) is 11.8 Å². The highest BCUT2D eigenvalue weighted by Gasteiger charge is 2.59. The Labute approximate surface area is 168 Å². The van der Waals surface area contributed by atoms with Crippen molar-refractivity contribution in [2.24, 2.45) is 0 Å². The summed E-state index contributed by atoms with van der Waals surface area (Å²) in [4.78, 5) is 11.1. The van der Waals surface area contributed by atoms with E-state index in [0.717, 1.165) is 12.8 Å². The molecule has 8 heteroatoms. The van der Waals surface area contributed by atoms with E-state index in [9.17, 15) is 20.3 Å². The molecule has 0 radical (unpaired) electrons. The van der Waals surface area contributed by atoms with E-state index in [1.54, 1.807) is 24.3 Å². The number of fused-ring (bicyclic) bond motifs is 6. The van der Waals surface area contributed by atoms with Crippen molar-refractivity contribution < 1.29 is 19.9 Å². The Morgan fingerprint density at radius 2 is 1.71 bits per heavy atom. The fourth-order valence-electron chi connectivity index (χ4n) is 4.88. The van der Waals surface area contributed by atoms with E-state index in [1.165, 1.54) is 10.6 Å². The molecule has 2 aromatic carbocycles. The molecular formula is C20H17BrN2O5. The van der Waals surface area contributed by atoms with Crippen LogP contribution in [0, 0.1) is 10.1 Å². The minimum atomic E-state index is -0.659. The maximum absolute atomic E-state index is 11.5. The number of nitrogens with zero attached hydrogens (tertiary/aromatic N) is 2. The molecule has 0 amide bonds. The van der Waals surface area contributed by atoms with Gasteiger partial charge in [0, 0.05) is 15.9 Å². The minimum Gasteiger partial charge on any atom is -0.494 e. The van der Waals surface area contributed by atoms with Gasteiger partial charge in [0.1, 0.15) is 0 Å². The minimum absolute atomic E-state index is 0.0489. The molecule has 1 fully saturated rings. The van der Waals surface area contributed by atoms with Gasteiger partial charge in [-0.25, -0.2) is 0 Å². The second-order valence-electron chi connectivity index (χ2n) is 7.82. The summed E-state index contributed by atoms with van der Waals surface area (Å²) >= 11 is 3.39. The molecule has 3 heterocycles. The number of hydrogen-bond donors (Lipinski definition) is 2. The molecule has 144 valence electrons. The highest BCUT2D eigenvalue weighted by atomic mass is 79.9. The molecule has 7 nitrogen and oxygen atoms in total. The van der Waals surface area contributed by atoms with Gasteiger partial charge >= 0.3 is 0 Å². The number of rotatable bonds is 2. The van der Waals surface area contributed by atoms with Gasteiger partial charge in [0.25, 0.3) is 5.69 Å². The SMILES string of the molecule is C[C@]12CC[C@](C)(O1)c1c2c(O)n(-c2ccc([N+](=O)[O-])c3c(Br)cccc23)c1O. The van der Waals surface area contributed by atoms with Gasteiger partial charge in [-0.05, 0) is 54.8 Å². The largest absolute Gasteiger partial charge is 0.494 e.